The average Bonchev–Trinajstić information content (AvgIpc) is 2.93. The molecule has 1 heterocycles. The normalized spacial score (nSPS) is 14.7. The minimum absolute atomic E-state index is 0.0573. The molecule has 2 rings (SSSR count). The first kappa shape index (κ1) is 13.7. The van der Waals surface area contributed by atoms with Gasteiger partial charge in [-0.3, -0.25) is 9.78 Å². The largest absolute Gasteiger partial charge is 0.355 e. The highest BCUT2D eigenvalue weighted by Crippen LogP contribution is 2.20. The van der Waals surface area contributed by atoms with Gasteiger partial charge in [-0.05, 0) is 37.3 Å². The summed E-state index contributed by atoms with van der Waals surface area (Å²) < 4.78 is 0. The van der Waals surface area contributed by atoms with E-state index >= 15 is 0 Å². The number of allylic oxidation sites excluding steroid dienone is 2. The van der Waals surface area contributed by atoms with Crippen LogP contribution in [0.4, 0.5) is 0 Å². The third kappa shape index (κ3) is 5.22. The van der Waals surface area contributed by atoms with Gasteiger partial charge in [0.2, 0.25) is 5.91 Å². The van der Waals surface area contributed by atoms with Crippen LogP contribution in [0.1, 0.15) is 25.0 Å². The maximum absolute atomic E-state index is 11.6. The minimum atomic E-state index is 0.0573. The lowest BCUT2D eigenvalue weighted by atomic mass is 10.0. The number of amides is 1. The van der Waals surface area contributed by atoms with Crippen LogP contribution in [0, 0.1) is 5.92 Å². The molecule has 1 amide bonds. The van der Waals surface area contributed by atoms with E-state index in [4.69, 9.17) is 0 Å². The maximum Gasteiger partial charge on any atom is 0.233 e. The van der Waals surface area contributed by atoms with E-state index in [1.165, 1.54) is 0 Å². The predicted molar refractivity (Wildman–Crippen MR) is 75.4 cm³/mol. The van der Waals surface area contributed by atoms with Crippen molar-refractivity contribution in [3.63, 3.8) is 0 Å². The Labute approximate surface area is 114 Å². The van der Waals surface area contributed by atoms with Crippen molar-refractivity contribution in [1.82, 2.24) is 15.6 Å². The molecule has 0 spiro atoms. The number of carbonyl (C=O) groups excluding carboxylic acids is 1. The SMILES string of the molecule is O=C(CNCc1ccccn1)NCCC1CC=CC1. The maximum atomic E-state index is 11.6. The summed E-state index contributed by atoms with van der Waals surface area (Å²) in [5.74, 6) is 0.781. The van der Waals surface area contributed by atoms with Crippen molar-refractivity contribution in [3.05, 3.63) is 42.2 Å². The molecule has 1 aromatic rings. The van der Waals surface area contributed by atoms with Crippen LogP contribution in [0.15, 0.2) is 36.5 Å². The van der Waals surface area contributed by atoms with Gasteiger partial charge in [0.05, 0.1) is 12.2 Å². The average molecular weight is 259 g/mol. The van der Waals surface area contributed by atoms with Gasteiger partial charge in [0.25, 0.3) is 0 Å². The van der Waals surface area contributed by atoms with E-state index in [-0.39, 0.29) is 5.91 Å². The van der Waals surface area contributed by atoms with E-state index < -0.39 is 0 Å². The Hall–Kier alpha value is -1.68. The molecule has 4 heteroatoms. The van der Waals surface area contributed by atoms with Crippen molar-refractivity contribution in [1.29, 1.82) is 0 Å². The van der Waals surface area contributed by atoms with Crippen molar-refractivity contribution in [3.8, 4) is 0 Å². The number of pyridine rings is 1. The van der Waals surface area contributed by atoms with Crippen LogP contribution in [0.2, 0.25) is 0 Å². The molecule has 0 unspecified atom stereocenters. The number of rotatable bonds is 7. The van der Waals surface area contributed by atoms with Crippen LogP contribution in [0.3, 0.4) is 0 Å². The molecule has 1 aliphatic rings. The van der Waals surface area contributed by atoms with Crippen LogP contribution in [0.25, 0.3) is 0 Å². The summed E-state index contributed by atoms with van der Waals surface area (Å²) in [6.07, 6.45) is 9.59. The number of aromatic nitrogens is 1. The first-order valence-electron chi connectivity index (χ1n) is 6.87. The van der Waals surface area contributed by atoms with Gasteiger partial charge in [-0.25, -0.2) is 0 Å². The van der Waals surface area contributed by atoms with Crippen molar-refractivity contribution in [2.75, 3.05) is 13.1 Å². The summed E-state index contributed by atoms with van der Waals surface area (Å²) in [6, 6.07) is 5.77. The Balaban J connectivity index is 1.52. The molecule has 0 atom stereocenters. The molecule has 0 bridgehead atoms. The van der Waals surface area contributed by atoms with Gasteiger partial charge in [-0.2, -0.15) is 0 Å². The molecule has 0 saturated heterocycles. The van der Waals surface area contributed by atoms with Crippen LogP contribution >= 0.6 is 0 Å². The minimum Gasteiger partial charge on any atom is -0.355 e. The second-order valence-electron chi connectivity index (χ2n) is 4.87. The zero-order chi connectivity index (χ0) is 13.3. The molecule has 102 valence electrons. The number of hydrogen-bond acceptors (Lipinski definition) is 3. The topological polar surface area (TPSA) is 54.0 Å². The molecule has 0 saturated carbocycles. The second-order valence-corrected chi connectivity index (χ2v) is 4.87. The van der Waals surface area contributed by atoms with Gasteiger partial charge in [0.1, 0.15) is 0 Å². The van der Waals surface area contributed by atoms with Gasteiger partial charge >= 0.3 is 0 Å². The molecule has 1 aromatic heterocycles. The van der Waals surface area contributed by atoms with Crippen LogP contribution in [-0.2, 0) is 11.3 Å². The summed E-state index contributed by atoms with van der Waals surface area (Å²) >= 11 is 0. The fourth-order valence-corrected chi connectivity index (χ4v) is 2.19. The lowest BCUT2D eigenvalue weighted by Crippen LogP contribution is -2.34. The molecule has 0 aromatic carbocycles. The molecular weight excluding hydrogens is 238 g/mol. The van der Waals surface area contributed by atoms with E-state index in [1.54, 1.807) is 6.20 Å². The molecule has 2 N–H and O–H groups in total. The highest BCUT2D eigenvalue weighted by atomic mass is 16.1. The van der Waals surface area contributed by atoms with Crippen LogP contribution in [0.5, 0.6) is 0 Å². The highest BCUT2D eigenvalue weighted by molar-refractivity contribution is 5.77. The standard InChI is InChI=1S/C15H21N3O/c19-15(18-10-8-13-5-1-2-6-13)12-16-11-14-7-3-4-9-17-14/h1-4,7,9,13,16H,5-6,8,10-12H2,(H,18,19). The lowest BCUT2D eigenvalue weighted by Gasteiger charge is -2.10. The van der Waals surface area contributed by atoms with E-state index in [0.29, 0.717) is 13.1 Å². The van der Waals surface area contributed by atoms with Crippen molar-refractivity contribution in [2.45, 2.75) is 25.8 Å². The predicted octanol–water partition coefficient (Wildman–Crippen LogP) is 1.64. The molecule has 0 aliphatic heterocycles. The van der Waals surface area contributed by atoms with Gasteiger partial charge in [0, 0.05) is 19.3 Å². The molecule has 1 aliphatic carbocycles. The third-order valence-corrected chi connectivity index (χ3v) is 3.30. The smallest absolute Gasteiger partial charge is 0.233 e. The number of nitrogens with zero attached hydrogens (tertiary/aromatic N) is 1. The first-order chi connectivity index (χ1) is 9.34. The lowest BCUT2D eigenvalue weighted by molar-refractivity contribution is -0.120. The Kier molecular flexibility index (Phi) is 5.56. The van der Waals surface area contributed by atoms with Gasteiger partial charge in [0.15, 0.2) is 0 Å². The van der Waals surface area contributed by atoms with Gasteiger partial charge < -0.3 is 10.6 Å². The van der Waals surface area contributed by atoms with Crippen molar-refractivity contribution in [2.24, 2.45) is 5.92 Å². The summed E-state index contributed by atoms with van der Waals surface area (Å²) in [6.45, 7) is 1.75. The highest BCUT2D eigenvalue weighted by Gasteiger charge is 2.10. The van der Waals surface area contributed by atoms with Crippen molar-refractivity contribution < 1.29 is 4.79 Å². The molecule has 19 heavy (non-hydrogen) atoms. The second kappa shape index (κ2) is 7.69. The Morgan fingerprint density at radius 2 is 2.16 bits per heavy atom. The molecule has 0 fully saturated rings. The summed E-state index contributed by atoms with van der Waals surface area (Å²) in [7, 11) is 0. The fourth-order valence-electron chi connectivity index (χ4n) is 2.19. The third-order valence-electron chi connectivity index (χ3n) is 3.30. The number of hydrogen-bond donors (Lipinski definition) is 2. The zero-order valence-corrected chi connectivity index (χ0v) is 11.1. The Morgan fingerprint density at radius 3 is 2.89 bits per heavy atom. The summed E-state index contributed by atoms with van der Waals surface area (Å²) in [4.78, 5) is 15.8. The molecule has 4 nitrogen and oxygen atoms in total. The monoisotopic (exact) mass is 259 g/mol. The summed E-state index contributed by atoms with van der Waals surface area (Å²) in [5, 5.41) is 6.04. The number of nitrogens with one attached hydrogen (secondary N) is 2. The summed E-state index contributed by atoms with van der Waals surface area (Å²) in [5.41, 5.74) is 0.951. The van der Waals surface area contributed by atoms with Crippen LogP contribution in [-0.4, -0.2) is 24.0 Å². The Morgan fingerprint density at radius 1 is 1.32 bits per heavy atom. The van der Waals surface area contributed by atoms with Gasteiger partial charge in [-0.1, -0.05) is 18.2 Å². The first-order valence-corrected chi connectivity index (χ1v) is 6.87. The quantitative estimate of drug-likeness (QED) is 0.732. The zero-order valence-electron chi connectivity index (χ0n) is 11.1. The Bertz CT molecular complexity index is 409. The van der Waals surface area contributed by atoms with E-state index in [1.807, 2.05) is 18.2 Å². The fraction of sp³-hybridized carbons (Fsp3) is 0.467. The molecule has 0 radical (unpaired) electrons. The van der Waals surface area contributed by atoms with Crippen LogP contribution < -0.4 is 10.6 Å². The van der Waals surface area contributed by atoms with E-state index in [0.717, 1.165) is 37.4 Å². The van der Waals surface area contributed by atoms with Gasteiger partial charge in [-0.15, -0.1) is 0 Å². The molecular formula is C15H21N3O. The van der Waals surface area contributed by atoms with E-state index in [9.17, 15) is 4.79 Å². The van der Waals surface area contributed by atoms with Crippen molar-refractivity contribution >= 4 is 5.91 Å². The number of carbonyl (C=O) groups is 1. The van der Waals surface area contributed by atoms with E-state index in [2.05, 4.69) is 27.8 Å².